The second-order valence-electron chi connectivity index (χ2n) is 9.74. The number of nitrogens with two attached hydrogens (primary N) is 1. The summed E-state index contributed by atoms with van der Waals surface area (Å²) in [7, 11) is 0. The van der Waals surface area contributed by atoms with Gasteiger partial charge in [0, 0.05) is 63.0 Å². The third-order valence-corrected chi connectivity index (χ3v) is 8.06. The quantitative estimate of drug-likeness (QED) is 0.183. The van der Waals surface area contributed by atoms with Gasteiger partial charge in [-0.2, -0.15) is 0 Å². The van der Waals surface area contributed by atoms with Crippen molar-refractivity contribution in [2.45, 2.75) is 63.3 Å². The first-order valence-electron chi connectivity index (χ1n) is 13.1. The number of imidazole rings is 1. The first kappa shape index (κ1) is 30.9. The van der Waals surface area contributed by atoms with Gasteiger partial charge in [-0.15, -0.1) is 0 Å². The fourth-order valence-electron chi connectivity index (χ4n) is 4.74. The summed E-state index contributed by atoms with van der Waals surface area (Å²) in [5.41, 5.74) is 6.79. The van der Waals surface area contributed by atoms with Crippen LogP contribution in [-0.4, -0.2) is 40.6 Å². The van der Waals surface area contributed by atoms with Crippen LogP contribution in [0.4, 0.5) is 0 Å². The molecule has 0 radical (unpaired) electrons. The number of guanidine groups is 1. The van der Waals surface area contributed by atoms with Gasteiger partial charge >= 0.3 is 0 Å². The summed E-state index contributed by atoms with van der Waals surface area (Å²) < 4.78 is 19.7. The minimum Gasteiger partial charge on any atom is -0.370 e. The van der Waals surface area contributed by atoms with Crippen molar-refractivity contribution in [2.24, 2.45) is 5.73 Å². The zero-order valence-corrected chi connectivity index (χ0v) is 24.9. The number of hydrogen-bond acceptors (Lipinski definition) is 5. The Balaban J connectivity index is 0.000000210. The molecule has 2 atom stereocenters. The summed E-state index contributed by atoms with van der Waals surface area (Å²) in [5.74, 6) is -0.329. The van der Waals surface area contributed by atoms with Crippen LogP contribution in [0.1, 0.15) is 49.3 Å². The minimum absolute atomic E-state index is 0.0109. The number of aromatic nitrogens is 2. The molecular formula is C28H33Cl4N5O3. The van der Waals surface area contributed by atoms with E-state index in [-0.39, 0.29) is 30.6 Å². The number of hydrogen-bond donors (Lipinski definition) is 3. The normalized spacial score (nSPS) is 18.6. The molecule has 1 aromatic heterocycles. The molecule has 1 aliphatic heterocycles. The molecule has 0 amide bonds. The molecule has 5 rings (SSSR count). The summed E-state index contributed by atoms with van der Waals surface area (Å²) in [6, 6.07) is 10.7. The predicted molar refractivity (Wildman–Crippen MR) is 159 cm³/mol. The lowest BCUT2D eigenvalue weighted by Crippen LogP contribution is -2.39. The van der Waals surface area contributed by atoms with Crippen LogP contribution in [0.25, 0.3) is 0 Å². The Bertz CT molecular complexity index is 1230. The van der Waals surface area contributed by atoms with Crippen LogP contribution in [0.5, 0.6) is 0 Å². The third-order valence-electron chi connectivity index (χ3n) is 6.79. The molecule has 1 saturated heterocycles. The summed E-state index contributed by atoms with van der Waals surface area (Å²) in [5, 5.41) is 12.1. The van der Waals surface area contributed by atoms with Crippen molar-refractivity contribution in [2.75, 3.05) is 13.2 Å². The maximum atomic E-state index is 7.06. The van der Waals surface area contributed by atoms with E-state index in [1.54, 1.807) is 42.9 Å². The maximum absolute atomic E-state index is 7.06. The molecule has 2 aliphatic rings. The van der Waals surface area contributed by atoms with Crippen molar-refractivity contribution >= 4 is 52.4 Å². The largest absolute Gasteiger partial charge is 0.370 e. The summed E-state index contributed by atoms with van der Waals surface area (Å²) in [4.78, 5) is 4.06. The number of nitrogens with one attached hydrogen (secondary N) is 2. The first-order chi connectivity index (χ1) is 19.2. The van der Waals surface area contributed by atoms with E-state index in [0.29, 0.717) is 39.8 Å². The van der Waals surface area contributed by atoms with Gasteiger partial charge in [-0.05, 0) is 37.1 Å². The van der Waals surface area contributed by atoms with Crippen LogP contribution in [-0.2, 0) is 27.4 Å². The van der Waals surface area contributed by atoms with E-state index in [1.165, 1.54) is 19.3 Å². The monoisotopic (exact) mass is 627 g/mol. The molecule has 2 fully saturated rings. The van der Waals surface area contributed by atoms with Gasteiger partial charge < -0.3 is 29.8 Å². The van der Waals surface area contributed by atoms with Crippen LogP contribution < -0.4 is 11.1 Å². The zero-order chi connectivity index (χ0) is 28.5. The Kier molecular flexibility index (Phi) is 11.4. The van der Waals surface area contributed by atoms with Crippen molar-refractivity contribution in [3.63, 3.8) is 0 Å². The first-order valence-corrected chi connectivity index (χ1v) is 14.6. The fraction of sp³-hybridized carbons (Fsp3) is 0.429. The van der Waals surface area contributed by atoms with Gasteiger partial charge in [0.2, 0.25) is 0 Å². The average molecular weight is 629 g/mol. The molecule has 2 aromatic carbocycles. The van der Waals surface area contributed by atoms with Crippen molar-refractivity contribution in [3.05, 3.63) is 86.3 Å². The second kappa shape index (κ2) is 14.7. The van der Waals surface area contributed by atoms with Crippen molar-refractivity contribution in [1.29, 1.82) is 5.41 Å². The lowest BCUT2D eigenvalue weighted by molar-refractivity contribution is -0.186. The number of ether oxygens (including phenoxy) is 3. The molecule has 216 valence electrons. The molecule has 2 unspecified atom stereocenters. The Labute approximate surface area is 254 Å². The molecule has 0 bridgehead atoms. The van der Waals surface area contributed by atoms with E-state index in [4.69, 9.17) is 71.8 Å². The Morgan fingerprint density at radius 1 is 1.12 bits per heavy atom. The molecule has 1 aliphatic carbocycles. The highest BCUT2D eigenvalue weighted by molar-refractivity contribution is 6.36. The Hall–Kier alpha value is -2.04. The van der Waals surface area contributed by atoms with Crippen molar-refractivity contribution in [3.8, 4) is 0 Å². The topological polar surface area (TPSA) is 107 Å². The standard InChI is InChI=1S/C18H14Cl4N2O.C10H19N3O2/c19-12-4-5-13(17(22)8-12)18(9-24-7-6-23-11-24)25-10-14-15(20)2-1-3-16(14)21;11-9(12)13-6-8-7-14-10(15-8)4-2-1-3-5-10/h1-8,11,18H,9-10H2;8H,1-7H2,(H4,11,12,13). The molecule has 2 heterocycles. The predicted octanol–water partition coefficient (Wildman–Crippen LogP) is 7.00. The molecule has 8 nitrogen and oxygen atoms in total. The van der Waals surface area contributed by atoms with Crippen molar-refractivity contribution in [1.82, 2.24) is 14.9 Å². The second-order valence-corrected chi connectivity index (χ2v) is 11.4. The number of halogens is 4. The van der Waals surface area contributed by atoms with Crippen LogP contribution in [0, 0.1) is 5.41 Å². The van der Waals surface area contributed by atoms with E-state index in [0.717, 1.165) is 24.0 Å². The lowest BCUT2D eigenvalue weighted by atomic mass is 9.94. The van der Waals surface area contributed by atoms with Gasteiger partial charge in [0.15, 0.2) is 11.7 Å². The van der Waals surface area contributed by atoms with Gasteiger partial charge in [0.05, 0.1) is 26.1 Å². The van der Waals surface area contributed by atoms with Crippen LogP contribution >= 0.6 is 46.4 Å². The summed E-state index contributed by atoms with van der Waals surface area (Å²) in [6.45, 7) is 1.98. The SMILES string of the molecule is Clc1ccc(C(Cn2ccnc2)OCc2c(Cl)cccc2Cl)c(Cl)c1.N=C(N)NCC1COC2(CCCCC2)O1. The van der Waals surface area contributed by atoms with Crippen LogP contribution in [0.2, 0.25) is 20.1 Å². The summed E-state index contributed by atoms with van der Waals surface area (Å²) >= 11 is 24.8. The van der Waals surface area contributed by atoms with Gasteiger partial charge in [-0.1, -0.05) is 65.0 Å². The van der Waals surface area contributed by atoms with Gasteiger partial charge in [0.25, 0.3) is 0 Å². The highest BCUT2D eigenvalue weighted by Gasteiger charge is 2.42. The lowest BCUT2D eigenvalue weighted by Gasteiger charge is -2.31. The molecule has 4 N–H and O–H groups in total. The average Bonchev–Trinajstić information content (AvgIpc) is 3.58. The van der Waals surface area contributed by atoms with E-state index in [9.17, 15) is 0 Å². The van der Waals surface area contributed by atoms with E-state index < -0.39 is 0 Å². The molecule has 1 saturated carbocycles. The summed E-state index contributed by atoms with van der Waals surface area (Å²) in [6.07, 6.45) is 10.7. The highest BCUT2D eigenvalue weighted by Crippen LogP contribution is 2.37. The van der Waals surface area contributed by atoms with E-state index in [2.05, 4.69) is 10.3 Å². The fourth-order valence-corrected chi connectivity index (χ4v) is 5.77. The zero-order valence-electron chi connectivity index (χ0n) is 21.9. The van der Waals surface area contributed by atoms with Crippen LogP contribution in [0.3, 0.4) is 0 Å². The number of rotatable bonds is 8. The Morgan fingerprint density at radius 2 is 1.88 bits per heavy atom. The van der Waals surface area contributed by atoms with Crippen LogP contribution in [0.15, 0.2) is 55.1 Å². The Morgan fingerprint density at radius 3 is 2.52 bits per heavy atom. The van der Waals surface area contributed by atoms with Crippen molar-refractivity contribution < 1.29 is 14.2 Å². The molecular weight excluding hydrogens is 596 g/mol. The van der Waals surface area contributed by atoms with Gasteiger partial charge in [-0.25, -0.2) is 4.98 Å². The highest BCUT2D eigenvalue weighted by atomic mass is 35.5. The molecule has 40 heavy (non-hydrogen) atoms. The number of nitrogens with zero attached hydrogens (tertiary/aromatic N) is 2. The van der Waals surface area contributed by atoms with Gasteiger partial charge in [0.1, 0.15) is 12.2 Å². The number of benzene rings is 2. The molecule has 12 heteroatoms. The minimum atomic E-state index is -0.318. The maximum Gasteiger partial charge on any atom is 0.185 e. The van der Waals surface area contributed by atoms with Gasteiger partial charge in [-0.3, -0.25) is 5.41 Å². The third kappa shape index (κ3) is 8.73. The van der Waals surface area contributed by atoms with E-state index in [1.807, 2.05) is 16.8 Å². The van der Waals surface area contributed by atoms with E-state index >= 15 is 0 Å². The molecule has 1 spiro atoms. The smallest absolute Gasteiger partial charge is 0.185 e. The molecule has 3 aromatic rings.